The Hall–Kier alpha value is -0.960. The van der Waals surface area contributed by atoms with Crippen molar-refractivity contribution in [3.63, 3.8) is 0 Å². The molecule has 0 aliphatic carbocycles. The Morgan fingerprint density at radius 3 is 1.29 bits per heavy atom. The van der Waals surface area contributed by atoms with Crippen molar-refractivity contribution < 1.29 is 10.2 Å². The van der Waals surface area contributed by atoms with E-state index in [1.54, 1.807) is 0 Å². The Kier molecular flexibility index (Phi) is 19.9. The molecule has 0 bridgehead atoms. The van der Waals surface area contributed by atoms with Crippen LogP contribution in [0.2, 0.25) is 0 Å². The SMILES string of the molecule is CCC#CCCO.CCC#CCCO. The van der Waals surface area contributed by atoms with E-state index in [-0.39, 0.29) is 13.2 Å². The first-order chi connectivity index (χ1) is 6.83. The van der Waals surface area contributed by atoms with Crippen molar-refractivity contribution in [1.29, 1.82) is 0 Å². The van der Waals surface area contributed by atoms with Crippen molar-refractivity contribution in [3.05, 3.63) is 0 Å². The smallest absolute Gasteiger partial charge is 0.0540 e. The predicted molar refractivity (Wildman–Crippen MR) is 59.5 cm³/mol. The molecule has 0 radical (unpaired) electrons. The van der Waals surface area contributed by atoms with E-state index < -0.39 is 0 Å². The number of aliphatic hydroxyl groups is 2. The maximum absolute atomic E-state index is 8.19. The summed E-state index contributed by atoms with van der Waals surface area (Å²) in [6, 6.07) is 0. The summed E-state index contributed by atoms with van der Waals surface area (Å²) < 4.78 is 0. The summed E-state index contributed by atoms with van der Waals surface area (Å²) in [5.74, 6) is 11.2. The summed E-state index contributed by atoms with van der Waals surface area (Å²) in [6.07, 6.45) is 3.02. The lowest BCUT2D eigenvalue weighted by Crippen LogP contribution is -1.74. The molecule has 0 aromatic rings. The Morgan fingerprint density at radius 2 is 1.07 bits per heavy atom. The van der Waals surface area contributed by atoms with Crippen LogP contribution in [0.25, 0.3) is 0 Å². The second kappa shape index (κ2) is 18.0. The molecular formula is C12H20O2. The van der Waals surface area contributed by atoms with Crippen LogP contribution in [0.4, 0.5) is 0 Å². The predicted octanol–water partition coefficient (Wildman–Crippen LogP) is 1.56. The minimum absolute atomic E-state index is 0.188. The molecule has 0 aliphatic heterocycles. The van der Waals surface area contributed by atoms with Gasteiger partial charge in [-0.05, 0) is 0 Å². The zero-order valence-corrected chi connectivity index (χ0v) is 9.14. The molecule has 0 saturated heterocycles. The van der Waals surface area contributed by atoms with E-state index in [2.05, 4.69) is 23.7 Å². The van der Waals surface area contributed by atoms with E-state index >= 15 is 0 Å². The highest BCUT2D eigenvalue weighted by Gasteiger charge is 1.67. The van der Waals surface area contributed by atoms with Crippen LogP contribution in [0.3, 0.4) is 0 Å². The second-order valence-corrected chi connectivity index (χ2v) is 2.36. The zero-order valence-electron chi connectivity index (χ0n) is 9.14. The highest BCUT2D eigenvalue weighted by Crippen LogP contribution is 1.72. The van der Waals surface area contributed by atoms with Gasteiger partial charge in [-0.3, -0.25) is 0 Å². The molecule has 2 heteroatoms. The largest absolute Gasteiger partial charge is 0.395 e. The number of aliphatic hydroxyl groups excluding tert-OH is 2. The van der Waals surface area contributed by atoms with Gasteiger partial charge in [0.15, 0.2) is 0 Å². The van der Waals surface area contributed by atoms with Gasteiger partial charge in [-0.25, -0.2) is 0 Å². The van der Waals surface area contributed by atoms with E-state index in [1.807, 2.05) is 13.8 Å². The Balaban J connectivity index is 0. The van der Waals surface area contributed by atoms with Gasteiger partial charge in [0.2, 0.25) is 0 Å². The fraction of sp³-hybridized carbons (Fsp3) is 0.667. The van der Waals surface area contributed by atoms with Crippen LogP contribution in [-0.2, 0) is 0 Å². The lowest BCUT2D eigenvalue weighted by molar-refractivity contribution is 0.304. The summed E-state index contributed by atoms with van der Waals surface area (Å²) in [7, 11) is 0. The van der Waals surface area contributed by atoms with Crippen molar-refractivity contribution >= 4 is 0 Å². The average Bonchev–Trinajstić information content (AvgIpc) is 2.21. The molecule has 80 valence electrons. The van der Waals surface area contributed by atoms with Gasteiger partial charge in [0.05, 0.1) is 13.2 Å². The van der Waals surface area contributed by atoms with Crippen LogP contribution in [0, 0.1) is 23.7 Å². The molecule has 14 heavy (non-hydrogen) atoms. The van der Waals surface area contributed by atoms with Gasteiger partial charge in [-0.2, -0.15) is 0 Å². The molecular weight excluding hydrogens is 176 g/mol. The lowest BCUT2D eigenvalue weighted by Gasteiger charge is -1.74. The van der Waals surface area contributed by atoms with Crippen LogP contribution in [0.15, 0.2) is 0 Å². The quantitative estimate of drug-likeness (QED) is 0.658. The third kappa shape index (κ3) is 22.5. The van der Waals surface area contributed by atoms with Gasteiger partial charge >= 0.3 is 0 Å². The van der Waals surface area contributed by atoms with Crippen LogP contribution < -0.4 is 0 Å². The topological polar surface area (TPSA) is 40.5 Å². The molecule has 0 fully saturated rings. The minimum Gasteiger partial charge on any atom is -0.395 e. The first-order valence-electron chi connectivity index (χ1n) is 4.96. The maximum atomic E-state index is 8.19. The van der Waals surface area contributed by atoms with Crippen LogP contribution in [0.1, 0.15) is 39.5 Å². The summed E-state index contributed by atoms with van der Waals surface area (Å²) in [6.45, 7) is 4.36. The molecule has 0 aromatic carbocycles. The van der Waals surface area contributed by atoms with Crippen LogP contribution >= 0.6 is 0 Å². The molecule has 0 spiro atoms. The molecule has 0 atom stereocenters. The summed E-state index contributed by atoms with van der Waals surface area (Å²) in [4.78, 5) is 0. The molecule has 0 rings (SSSR count). The number of hydrogen-bond acceptors (Lipinski definition) is 2. The molecule has 0 amide bonds. The molecule has 0 aliphatic rings. The van der Waals surface area contributed by atoms with Gasteiger partial charge in [-0.15, -0.1) is 23.7 Å². The average molecular weight is 196 g/mol. The van der Waals surface area contributed by atoms with Crippen LogP contribution in [0.5, 0.6) is 0 Å². The van der Waals surface area contributed by atoms with Gasteiger partial charge in [0.1, 0.15) is 0 Å². The standard InChI is InChI=1S/2C6H10O/c2*1-2-3-4-5-6-7/h2*7H,2,5-6H2,1H3. The van der Waals surface area contributed by atoms with E-state index in [9.17, 15) is 0 Å². The van der Waals surface area contributed by atoms with Gasteiger partial charge in [-0.1, -0.05) is 13.8 Å². The molecule has 0 aromatic heterocycles. The minimum atomic E-state index is 0.188. The lowest BCUT2D eigenvalue weighted by atomic mass is 10.4. The van der Waals surface area contributed by atoms with Crippen molar-refractivity contribution in [2.45, 2.75) is 39.5 Å². The molecule has 2 nitrogen and oxygen atoms in total. The number of rotatable bonds is 2. The monoisotopic (exact) mass is 196 g/mol. The summed E-state index contributed by atoms with van der Waals surface area (Å²) >= 11 is 0. The molecule has 0 heterocycles. The highest BCUT2D eigenvalue weighted by molar-refractivity contribution is 4.97. The normalized spacial score (nSPS) is 7.14. The van der Waals surface area contributed by atoms with Gasteiger partial charge in [0.25, 0.3) is 0 Å². The van der Waals surface area contributed by atoms with Gasteiger partial charge in [0, 0.05) is 25.7 Å². The third-order valence-electron chi connectivity index (χ3n) is 1.08. The first kappa shape index (κ1) is 15.5. The fourth-order valence-corrected chi connectivity index (χ4v) is 0.539. The first-order valence-corrected chi connectivity index (χ1v) is 4.96. The van der Waals surface area contributed by atoms with Gasteiger partial charge < -0.3 is 10.2 Å². The summed E-state index contributed by atoms with van der Waals surface area (Å²) in [5, 5.41) is 16.4. The van der Waals surface area contributed by atoms with Crippen molar-refractivity contribution in [3.8, 4) is 23.7 Å². The molecule has 2 N–H and O–H groups in total. The highest BCUT2D eigenvalue weighted by atomic mass is 16.3. The van der Waals surface area contributed by atoms with E-state index in [0.717, 1.165) is 12.8 Å². The zero-order chi connectivity index (χ0) is 11.1. The van der Waals surface area contributed by atoms with E-state index in [4.69, 9.17) is 10.2 Å². The van der Waals surface area contributed by atoms with Crippen molar-refractivity contribution in [1.82, 2.24) is 0 Å². The maximum Gasteiger partial charge on any atom is 0.0540 e. The van der Waals surface area contributed by atoms with Crippen LogP contribution in [-0.4, -0.2) is 23.4 Å². The fourth-order valence-electron chi connectivity index (χ4n) is 0.539. The Bertz CT molecular complexity index is 176. The third-order valence-corrected chi connectivity index (χ3v) is 1.08. The van der Waals surface area contributed by atoms with Crippen molar-refractivity contribution in [2.24, 2.45) is 0 Å². The Morgan fingerprint density at radius 1 is 0.714 bits per heavy atom. The van der Waals surface area contributed by atoms with E-state index in [0.29, 0.717) is 12.8 Å². The summed E-state index contributed by atoms with van der Waals surface area (Å²) in [5.41, 5.74) is 0. The van der Waals surface area contributed by atoms with E-state index in [1.165, 1.54) is 0 Å². The molecule has 0 unspecified atom stereocenters. The van der Waals surface area contributed by atoms with Crippen molar-refractivity contribution in [2.75, 3.05) is 13.2 Å². The number of hydrogen-bond donors (Lipinski definition) is 2. The Labute approximate surface area is 87.3 Å². The molecule has 0 saturated carbocycles. The second-order valence-electron chi connectivity index (χ2n) is 2.36.